The minimum atomic E-state index is -0.786. The van der Waals surface area contributed by atoms with Crippen LogP contribution in [0.2, 0.25) is 0 Å². The zero-order valence-electron chi connectivity index (χ0n) is 8.45. The molecule has 0 aliphatic rings. The van der Waals surface area contributed by atoms with Crippen LogP contribution < -0.4 is 0 Å². The van der Waals surface area contributed by atoms with Gasteiger partial charge in [0.25, 0.3) is 0 Å². The van der Waals surface area contributed by atoms with Crippen molar-refractivity contribution >= 4 is 0 Å². The average molecular weight is 223 g/mol. The number of halogens is 2. The predicted molar refractivity (Wildman–Crippen MR) is 55.8 cm³/mol. The maximum atomic E-state index is 13.3. The van der Waals surface area contributed by atoms with Crippen LogP contribution in [0.25, 0.3) is 0 Å². The van der Waals surface area contributed by atoms with Crippen LogP contribution >= 0.6 is 0 Å². The third kappa shape index (κ3) is 2.28. The summed E-state index contributed by atoms with van der Waals surface area (Å²) in [5, 5.41) is 9.78. The average Bonchev–Trinajstić information content (AvgIpc) is 2.75. The maximum Gasteiger partial charge on any atom is 0.129 e. The number of benzene rings is 1. The van der Waals surface area contributed by atoms with E-state index in [0.717, 1.165) is 6.07 Å². The molecule has 0 aliphatic carbocycles. The zero-order chi connectivity index (χ0) is 11.5. The highest BCUT2D eigenvalue weighted by Gasteiger charge is 2.12. The molecule has 1 aromatic heterocycles. The van der Waals surface area contributed by atoms with Crippen molar-refractivity contribution in [2.45, 2.75) is 12.5 Å². The van der Waals surface area contributed by atoms with Gasteiger partial charge < -0.3 is 10.1 Å². The van der Waals surface area contributed by atoms with Crippen molar-refractivity contribution in [3.63, 3.8) is 0 Å². The number of hydrogen-bond acceptors (Lipinski definition) is 1. The van der Waals surface area contributed by atoms with E-state index in [1.807, 2.05) is 0 Å². The Morgan fingerprint density at radius 1 is 1.25 bits per heavy atom. The normalized spacial score (nSPS) is 12.7. The van der Waals surface area contributed by atoms with Crippen LogP contribution in [0, 0.1) is 11.6 Å². The van der Waals surface area contributed by atoms with E-state index in [1.165, 1.54) is 12.1 Å². The van der Waals surface area contributed by atoms with Crippen LogP contribution in [0.3, 0.4) is 0 Å². The molecule has 2 N–H and O–H groups in total. The lowest BCUT2D eigenvalue weighted by atomic mass is 10.0. The molecule has 1 atom stereocenters. The Kier molecular flexibility index (Phi) is 3.01. The molecule has 0 bridgehead atoms. The molecule has 0 saturated heterocycles. The first kappa shape index (κ1) is 10.8. The van der Waals surface area contributed by atoms with Crippen LogP contribution in [0.15, 0.2) is 36.7 Å². The fourth-order valence-corrected chi connectivity index (χ4v) is 1.56. The van der Waals surface area contributed by atoms with E-state index in [9.17, 15) is 13.9 Å². The molecule has 2 aromatic rings. The summed E-state index contributed by atoms with van der Waals surface area (Å²) in [4.78, 5) is 2.81. The van der Waals surface area contributed by atoms with Crippen molar-refractivity contribution in [3.05, 3.63) is 59.4 Å². The third-order valence-electron chi connectivity index (χ3n) is 2.44. The SMILES string of the molecule is OC(Cc1ccc(F)cc1F)c1cc[nH]c1. The standard InChI is InChI=1S/C12H11F2NO/c13-10-2-1-8(11(14)6-10)5-12(16)9-3-4-15-7-9/h1-4,6-7,12,15-16H,5H2. The molecule has 0 fully saturated rings. The summed E-state index contributed by atoms with van der Waals surface area (Å²) < 4.78 is 25.9. The van der Waals surface area contributed by atoms with E-state index >= 15 is 0 Å². The van der Waals surface area contributed by atoms with Crippen molar-refractivity contribution in [2.24, 2.45) is 0 Å². The van der Waals surface area contributed by atoms with Gasteiger partial charge in [0.2, 0.25) is 0 Å². The van der Waals surface area contributed by atoms with Crippen molar-refractivity contribution in [2.75, 3.05) is 0 Å². The lowest BCUT2D eigenvalue weighted by Gasteiger charge is -2.09. The largest absolute Gasteiger partial charge is 0.388 e. The van der Waals surface area contributed by atoms with Gasteiger partial charge in [0, 0.05) is 24.9 Å². The molecule has 0 aliphatic heterocycles. The Balaban J connectivity index is 2.15. The van der Waals surface area contributed by atoms with Gasteiger partial charge in [-0.3, -0.25) is 0 Å². The molecule has 0 saturated carbocycles. The van der Waals surface area contributed by atoms with Crippen LogP contribution in [-0.4, -0.2) is 10.1 Å². The Bertz CT molecular complexity index is 468. The number of aromatic nitrogens is 1. The first-order valence-corrected chi connectivity index (χ1v) is 4.91. The smallest absolute Gasteiger partial charge is 0.129 e. The van der Waals surface area contributed by atoms with Crippen molar-refractivity contribution in [3.8, 4) is 0 Å². The molecule has 0 radical (unpaired) electrons. The van der Waals surface area contributed by atoms with Gasteiger partial charge in [0.1, 0.15) is 11.6 Å². The Morgan fingerprint density at radius 3 is 2.69 bits per heavy atom. The van der Waals surface area contributed by atoms with Crippen molar-refractivity contribution in [1.82, 2.24) is 4.98 Å². The zero-order valence-corrected chi connectivity index (χ0v) is 8.45. The predicted octanol–water partition coefficient (Wildman–Crippen LogP) is 2.57. The lowest BCUT2D eigenvalue weighted by molar-refractivity contribution is 0.177. The molecule has 0 spiro atoms. The van der Waals surface area contributed by atoms with Gasteiger partial charge >= 0.3 is 0 Å². The summed E-state index contributed by atoms with van der Waals surface area (Å²) in [6.07, 6.45) is 2.67. The first-order valence-electron chi connectivity index (χ1n) is 4.91. The molecule has 1 unspecified atom stereocenters. The number of nitrogens with one attached hydrogen (secondary N) is 1. The maximum absolute atomic E-state index is 13.3. The van der Waals surface area contributed by atoms with Crippen LogP contribution in [0.5, 0.6) is 0 Å². The Morgan fingerprint density at radius 2 is 2.06 bits per heavy atom. The van der Waals surface area contributed by atoms with Gasteiger partial charge in [-0.2, -0.15) is 0 Å². The highest BCUT2D eigenvalue weighted by Crippen LogP contribution is 2.20. The molecular weight excluding hydrogens is 212 g/mol. The fraction of sp³-hybridized carbons (Fsp3) is 0.167. The van der Waals surface area contributed by atoms with Gasteiger partial charge in [-0.25, -0.2) is 8.78 Å². The second-order valence-corrected chi connectivity index (χ2v) is 3.60. The molecule has 2 nitrogen and oxygen atoms in total. The second-order valence-electron chi connectivity index (χ2n) is 3.60. The van der Waals surface area contributed by atoms with Crippen LogP contribution in [0.4, 0.5) is 8.78 Å². The van der Waals surface area contributed by atoms with Crippen LogP contribution in [0.1, 0.15) is 17.2 Å². The fourth-order valence-electron chi connectivity index (χ4n) is 1.56. The molecule has 1 aromatic carbocycles. The number of H-pyrrole nitrogens is 1. The molecule has 84 valence electrons. The molecule has 4 heteroatoms. The number of aromatic amines is 1. The summed E-state index contributed by atoms with van der Waals surface area (Å²) in [5.41, 5.74) is 0.985. The van der Waals surface area contributed by atoms with Gasteiger partial charge in [0.15, 0.2) is 0 Å². The summed E-state index contributed by atoms with van der Waals surface area (Å²) in [6.45, 7) is 0. The lowest BCUT2D eigenvalue weighted by Crippen LogP contribution is -2.02. The highest BCUT2D eigenvalue weighted by atomic mass is 19.1. The minimum Gasteiger partial charge on any atom is -0.388 e. The molecule has 0 amide bonds. The summed E-state index contributed by atoms with van der Waals surface area (Å²) >= 11 is 0. The number of aliphatic hydroxyl groups is 1. The molecule has 1 heterocycles. The molecular formula is C12H11F2NO. The molecule has 16 heavy (non-hydrogen) atoms. The number of hydrogen-bond donors (Lipinski definition) is 2. The van der Waals surface area contributed by atoms with E-state index < -0.39 is 17.7 Å². The first-order chi connectivity index (χ1) is 7.66. The number of rotatable bonds is 3. The second kappa shape index (κ2) is 4.45. The summed E-state index contributed by atoms with van der Waals surface area (Å²) in [5.74, 6) is -1.24. The summed E-state index contributed by atoms with van der Waals surface area (Å²) in [6, 6.07) is 5.06. The van der Waals surface area contributed by atoms with Gasteiger partial charge in [-0.05, 0) is 23.3 Å². The Labute approximate surface area is 91.6 Å². The van der Waals surface area contributed by atoms with Crippen LogP contribution in [-0.2, 0) is 6.42 Å². The van der Waals surface area contributed by atoms with E-state index in [4.69, 9.17) is 0 Å². The molecule has 2 rings (SSSR count). The Hall–Kier alpha value is -1.68. The topological polar surface area (TPSA) is 36.0 Å². The quantitative estimate of drug-likeness (QED) is 0.824. The van der Waals surface area contributed by atoms with E-state index in [1.54, 1.807) is 18.5 Å². The summed E-state index contributed by atoms with van der Waals surface area (Å²) in [7, 11) is 0. The monoisotopic (exact) mass is 223 g/mol. The van der Waals surface area contributed by atoms with Gasteiger partial charge in [-0.15, -0.1) is 0 Å². The van der Waals surface area contributed by atoms with E-state index in [-0.39, 0.29) is 6.42 Å². The number of aliphatic hydroxyl groups excluding tert-OH is 1. The van der Waals surface area contributed by atoms with E-state index in [0.29, 0.717) is 11.1 Å². The minimum absolute atomic E-state index is 0.129. The highest BCUT2D eigenvalue weighted by molar-refractivity contribution is 5.22. The van der Waals surface area contributed by atoms with Crippen molar-refractivity contribution < 1.29 is 13.9 Å². The van der Waals surface area contributed by atoms with Gasteiger partial charge in [-0.1, -0.05) is 6.07 Å². The van der Waals surface area contributed by atoms with E-state index in [2.05, 4.69) is 4.98 Å². The van der Waals surface area contributed by atoms with Gasteiger partial charge in [0.05, 0.1) is 6.10 Å². The third-order valence-corrected chi connectivity index (χ3v) is 2.44. The van der Waals surface area contributed by atoms with Crippen molar-refractivity contribution in [1.29, 1.82) is 0 Å².